The minimum absolute atomic E-state index is 0.0785. The molecule has 1 atom stereocenters. The molecule has 0 fully saturated rings. The van der Waals surface area contributed by atoms with Gasteiger partial charge in [0.05, 0.1) is 32.0 Å². The van der Waals surface area contributed by atoms with E-state index in [1.54, 1.807) is 0 Å². The van der Waals surface area contributed by atoms with Gasteiger partial charge < -0.3 is 14.2 Å². The lowest BCUT2D eigenvalue weighted by atomic mass is 9.86. The molecule has 1 unspecified atom stereocenters. The maximum Gasteiger partial charge on any atom is 0.316 e. The number of carbonyl (C=O) groups excluding carboxylic acids is 1. The Kier molecular flexibility index (Phi) is 7.60. The highest BCUT2D eigenvalue weighted by atomic mass is 16.5. The summed E-state index contributed by atoms with van der Waals surface area (Å²) >= 11 is 0. The minimum atomic E-state index is -0.717. The van der Waals surface area contributed by atoms with Gasteiger partial charge in [-0.3, -0.25) is 4.79 Å². The van der Waals surface area contributed by atoms with Gasteiger partial charge in [0.15, 0.2) is 0 Å². The maximum absolute atomic E-state index is 12.1. The monoisotopic (exact) mass is 274 g/mol. The quantitative estimate of drug-likeness (QED) is 0.606. The third-order valence-corrected chi connectivity index (χ3v) is 3.58. The maximum atomic E-state index is 12.1. The van der Waals surface area contributed by atoms with Gasteiger partial charge in [0.25, 0.3) is 0 Å². The first-order valence-electron chi connectivity index (χ1n) is 7.07. The van der Waals surface area contributed by atoms with Gasteiger partial charge in [-0.25, -0.2) is 0 Å². The SMILES string of the molecule is CCC(C)(C)OCC(CC)(COC(C)C)C(=O)OC. The lowest BCUT2D eigenvalue weighted by Crippen LogP contribution is -2.44. The van der Waals surface area contributed by atoms with E-state index in [9.17, 15) is 4.79 Å². The van der Waals surface area contributed by atoms with Crippen LogP contribution in [0.2, 0.25) is 0 Å². The van der Waals surface area contributed by atoms with Crippen LogP contribution in [-0.2, 0) is 19.0 Å². The van der Waals surface area contributed by atoms with E-state index in [2.05, 4.69) is 6.92 Å². The summed E-state index contributed by atoms with van der Waals surface area (Å²) in [6.45, 7) is 12.6. The summed E-state index contributed by atoms with van der Waals surface area (Å²) < 4.78 is 16.5. The molecule has 4 heteroatoms. The van der Waals surface area contributed by atoms with Crippen molar-refractivity contribution >= 4 is 5.97 Å². The number of hydrogen-bond acceptors (Lipinski definition) is 4. The van der Waals surface area contributed by atoms with Crippen LogP contribution in [0, 0.1) is 5.41 Å². The molecule has 0 spiro atoms. The Morgan fingerprint density at radius 2 is 1.68 bits per heavy atom. The van der Waals surface area contributed by atoms with Crippen LogP contribution in [0.15, 0.2) is 0 Å². The third-order valence-electron chi connectivity index (χ3n) is 3.58. The summed E-state index contributed by atoms with van der Waals surface area (Å²) in [5, 5.41) is 0. The molecular formula is C15H30O4. The van der Waals surface area contributed by atoms with E-state index < -0.39 is 5.41 Å². The number of esters is 1. The summed E-state index contributed by atoms with van der Waals surface area (Å²) in [7, 11) is 1.41. The number of hydrogen-bond donors (Lipinski definition) is 0. The fourth-order valence-electron chi connectivity index (χ4n) is 1.49. The van der Waals surface area contributed by atoms with Gasteiger partial charge in [0, 0.05) is 0 Å². The zero-order valence-electron chi connectivity index (χ0n) is 13.5. The van der Waals surface area contributed by atoms with E-state index in [4.69, 9.17) is 14.2 Å². The molecule has 0 rings (SSSR count). The predicted octanol–water partition coefficient (Wildman–Crippen LogP) is 3.19. The second kappa shape index (κ2) is 7.85. The molecule has 0 aliphatic rings. The van der Waals surface area contributed by atoms with Gasteiger partial charge in [0.1, 0.15) is 5.41 Å². The van der Waals surface area contributed by atoms with E-state index in [1.807, 2.05) is 34.6 Å². The van der Waals surface area contributed by atoms with Crippen LogP contribution in [0.4, 0.5) is 0 Å². The van der Waals surface area contributed by atoms with Gasteiger partial charge in [0.2, 0.25) is 0 Å². The fraction of sp³-hybridized carbons (Fsp3) is 0.933. The summed E-state index contributed by atoms with van der Waals surface area (Å²) in [4.78, 5) is 12.1. The molecule has 0 aromatic heterocycles. The first kappa shape index (κ1) is 18.4. The van der Waals surface area contributed by atoms with Crippen molar-refractivity contribution in [3.63, 3.8) is 0 Å². The van der Waals surface area contributed by atoms with E-state index in [1.165, 1.54) is 7.11 Å². The number of carbonyl (C=O) groups is 1. The molecule has 0 N–H and O–H groups in total. The Labute approximate surface area is 117 Å². The highest BCUT2D eigenvalue weighted by Gasteiger charge is 2.40. The smallest absolute Gasteiger partial charge is 0.316 e. The summed E-state index contributed by atoms with van der Waals surface area (Å²) in [6, 6.07) is 0. The predicted molar refractivity (Wildman–Crippen MR) is 76.2 cm³/mol. The Morgan fingerprint density at radius 3 is 2.05 bits per heavy atom. The molecule has 0 amide bonds. The normalized spacial score (nSPS) is 15.4. The van der Waals surface area contributed by atoms with Crippen LogP contribution in [0.5, 0.6) is 0 Å². The molecule has 0 aliphatic carbocycles. The summed E-state index contributed by atoms with van der Waals surface area (Å²) in [5.74, 6) is -0.262. The van der Waals surface area contributed by atoms with Gasteiger partial charge in [-0.05, 0) is 40.5 Å². The van der Waals surface area contributed by atoms with E-state index in [0.29, 0.717) is 19.6 Å². The van der Waals surface area contributed by atoms with Crippen molar-refractivity contribution in [3.05, 3.63) is 0 Å². The molecule has 0 aliphatic heterocycles. The molecule has 0 radical (unpaired) electrons. The van der Waals surface area contributed by atoms with Crippen LogP contribution in [-0.4, -0.2) is 38.0 Å². The molecule has 0 heterocycles. The average Bonchev–Trinajstić information content (AvgIpc) is 2.38. The zero-order valence-corrected chi connectivity index (χ0v) is 13.5. The van der Waals surface area contributed by atoms with E-state index in [-0.39, 0.29) is 17.7 Å². The molecule has 114 valence electrons. The van der Waals surface area contributed by atoms with Crippen LogP contribution in [0.1, 0.15) is 54.4 Å². The molecule has 0 saturated heterocycles. The van der Waals surface area contributed by atoms with E-state index >= 15 is 0 Å². The van der Waals surface area contributed by atoms with Crippen LogP contribution < -0.4 is 0 Å². The van der Waals surface area contributed by atoms with Crippen molar-refractivity contribution in [2.45, 2.75) is 66.1 Å². The van der Waals surface area contributed by atoms with E-state index in [0.717, 1.165) is 6.42 Å². The first-order chi connectivity index (χ1) is 8.73. The molecule has 0 aromatic rings. The van der Waals surface area contributed by atoms with Crippen molar-refractivity contribution < 1.29 is 19.0 Å². The lowest BCUT2D eigenvalue weighted by molar-refractivity contribution is -0.169. The Balaban J connectivity index is 4.87. The Morgan fingerprint density at radius 1 is 1.11 bits per heavy atom. The van der Waals surface area contributed by atoms with Crippen molar-refractivity contribution in [1.29, 1.82) is 0 Å². The highest BCUT2D eigenvalue weighted by Crippen LogP contribution is 2.28. The largest absolute Gasteiger partial charge is 0.468 e. The second-order valence-electron chi connectivity index (χ2n) is 5.89. The average molecular weight is 274 g/mol. The van der Waals surface area contributed by atoms with Crippen LogP contribution >= 0.6 is 0 Å². The Hall–Kier alpha value is -0.610. The summed E-state index contributed by atoms with van der Waals surface area (Å²) in [6.07, 6.45) is 1.60. The number of rotatable bonds is 9. The van der Waals surface area contributed by atoms with Crippen LogP contribution in [0.3, 0.4) is 0 Å². The molecule has 0 saturated carbocycles. The molecule has 0 aromatic carbocycles. The first-order valence-corrected chi connectivity index (χ1v) is 7.07. The van der Waals surface area contributed by atoms with Crippen molar-refractivity contribution in [2.24, 2.45) is 5.41 Å². The number of ether oxygens (including phenoxy) is 3. The molecule has 19 heavy (non-hydrogen) atoms. The van der Waals surface area contributed by atoms with Gasteiger partial charge in [-0.15, -0.1) is 0 Å². The van der Waals surface area contributed by atoms with Crippen LogP contribution in [0.25, 0.3) is 0 Å². The van der Waals surface area contributed by atoms with Gasteiger partial charge in [-0.2, -0.15) is 0 Å². The minimum Gasteiger partial charge on any atom is -0.468 e. The third kappa shape index (κ3) is 5.91. The summed E-state index contributed by atoms with van der Waals surface area (Å²) in [5.41, 5.74) is -0.961. The molecular weight excluding hydrogens is 244 g/mol. The van der Waals surface area contributed by atoms with Gasteiger partial charge >= 0.3 is 5.97 Å². The number of methoxy groups -OCH3 is 1. The standard InChI is InChI=1S/C15H30O4/c1-8-14(5,6)19-11-15(9-2,13(16)17-7)10-18-12(3)4/h12H,8-11H2,1-7H3. The molecule has 4 nitrogen and oxygen atoms in total. The van der Waals surface area contributed by atoms with Crippen molar-refractivity contribution in [3.8, 4) is 0 Å². The zero-order chi connectivity index (χ0) is 15.1. The second-order valence-corrected chi connectivity index (χ2v) is 5.89. The Bertz CT molecular complexity index is 273. The topological polar surface area (TPSA) is 44.8 Å². The van der Waals surface area contributed by atoms with Gasteiger partial charge in [-0.1, -0.05) is 13.8 Å². The molecule has 0 bridgehead atoms. The van der Waals surface area contributed by atoms with Crippen molar-refractivity contribution in [2.75, 3.05) is 20.3 Å². The fourth-order valence-corrected chi connectivity index (χ4v) is 1.49. The lowest BCUT2D eigenvalue weighted by Gasteiger charge is -2.34. The van der Waals surface area contributed by atoms with Crippen molar-refractivity contribution in [1.82, 2.24) is 0 Å². The highest BCUT2D eigenvalue weighted by molar-refractivity contribution is 5.77.